The second kappa shape index (κ2) is 8.64. The fourth-order valence-electron chi connectivity index (χ4n) is 2.31. The van der Waals surface area contributed by atoms with E-state index in [0.29, 0.717) is 29.2 Å². The predicted octanol–water partition coefficient (Wildman–Crippen LogP) is 4.19. The highest BCUT2D eigenvalue weighted by Gasteiger charge is 2.07. The van der Waals surface area contributed by atoms with E-state index in [1.807, 2.05) is 55.5 Å². The van der Waals surface area contributed by atoms with Crippen molar-refractivity contribution in [2.75, 3.05) is 17.2 Å². The second-order valence-corrected chi connectivity index (χ2v) is 6.25. The number of aromatic nitrogens is 3. The molecule has 0 unspecified atom stereocenters. The van der Waals surface area contributed by atoms with Crippen molar-refractivity contribution in [3.05, 3.63) is 65.4 Å². The Labute approximate surface area is 162 Å². The lowest BCUT2D eigenvalue weighted by Gasteiger charge is -2.12. The van der Waals surface area contributed by atoms with E-state index in [9.17, 15) is 0 Å². The molecule has 0 radical (unpaired) electrons. The van der Waals surface area contributed by atoms with Crippen molar-refractivity contribution in [1.82, 2.24) is 14.8 Å². The molecule has 0 spiro atoms. The summed E-state index contributed by atoms with van der Waals surface area (Å²) >= 11 is 11.2. The summed E-state index contributed by atoms with van der Waals surface area (Å²) in [4.78, 5) is 4.23. The van der Waals surface area contributed by atoms with E-state index in [1.54, 1.807) is 11.0 Å². The van der Waals surface area contributed by atoms with Crippen molar-refractivity contribution in [2.45, 2.75) is 13.5 Å². The van der Waals surface area contributed by atoms with Gasteiger partial charge in [-0.05, 0) is 49.0 Å². The zero-order valence-electron chi connectivity index (χ0n) is 14.1. The Hall–Kier alpha value is -2.64. The van der Waals surface area contributed by atoms with Crippen LogP contribution in [0.15, 0.2) is 54.9 Å². The summed E-state index contributed by atoms with van der Waals surface area (Å²) in [6.45, 7) is 3.11. The molecule has 1 heterocycles. The molecule has 0 fully saturated rings. The summed E-state index contributed by atoms with van der Waals surface area (Å²) in [5.41, 5.74) is 1.87. The number of benzene rings is 2. The summed E-state index contributed by atoms with van der Waals surface area (Å²) < 4.78 is 7.30. The average Bonchev–Trinajstić information content (AvgIpc) is 3.05. The average molecular weight is 388 g/mol. The van der Waals surface area contributed by atoms with Crippen molar-refractivity contribution < 1.29 is 4.74 Å². The van der Waals surface area contributed by atoms with Crippen LogP contribution in [0.25, 0.3) is 0 Å². The molecule has 0 saturated carbocycles. The Bertz CT molecular complexity index is 881. The molecule has 0 bridgehead atoms. The number of ether oxygens (including phenoxy) is 1. The largest absolute Gasteiger partial charge is 0.492 e. The molecule has 134 valence electrons. The molecule has 3 rings (SSSR count). The number of rotatable bonds is 6. The van der Waals surface area contributed by atoms with Gasteiger partial charge in [-0.2, -0.15) is 0 Å². The van der Waals surface area contributed by atoms with E-state index in [-0.39, 0.29) is 0 Å². The summed E-state index contributed by atoms with van der Waals surface area (Å²) in [7, 11) is 0. The molecule has 26 heavy (non-hydrogen) atoms. The van der Waals surface area contributed by atoms with Gasteiger partial charge in [0.15, 0.2) is 5.11 Å². The maximum Gasteiger partial charge on any atom is 0.248 e. The van der Waals surface area contributed by atoms with Gasteiger partial charge in [0.05, 0.1) is 18.8 Å². The second-order valence-electron chi connectivity index (χ2n) is 5.40. The van der Waals surface area contributed by atoms with Crippen LogP contribution >= 0.6 is 23.8 Å². The minimum Gasteiger partial charge on any atom is -0.492 e. The van der Waals surface area contributed by atoms with E-state index >= 15 is 0 Å². The van der Waals surface area contributed by atoms with Crippen molar-refractivity contribution in [3.8, 4) is 5.75 Å². The van der Waals surface area contributed by atoms with Crippen LogP contribution in [0.5, 0.6) is 5.75 Å². The smallest absolute Gasteiger partial charge is 0.248 e. The van der Waals surface area contributed by atoms with Crippen molar-refractivity contribution >= 4 is 40.6 Å². The first-order chi connectivity index (χ1) is 12.6. The number of para-hydroxylation sites is 2. The van der Waals surface area contributed by atoms with Gasteiger partial charge in [-0.3, -0.25) is 5.32 Å². The SMILES string of the molecule is CCOc1ccccc1NC(=S)Nc1ncn(Cc2ccc(Cl)cc2)n1. The number of nitrogens with one attached hydrogen (secondary N) is 2. The van der Waals surface area contributed by atoms with Gasteiger partial charge >= 0.3 is 0 Å². The number of hydrogen-bond donors (Lipinski definition) is 2. The predicted molar refractivity (Wildman–Crippen MR) is 108 cm³/mol. The summed E-state index contributed by atoms with van der Waals surface area (Å²) in [5, 5.41) is 11.5. The van der Waals surface area contributed by atoms with Crippen LogP contribution in [0, 0.1) is 0 Å². The molecule has 0 aliphatic carbocycles. The first kappa shape index (κ1) is 18.2. The Morgan fingerprint density at radius 3 is 2.69 bits per heavy atom. The van der Waals surface area contributed by atoms with Crippen LogP contribution in [0.4, 0.5) is 11.6 Å². The highest BCUT2D eigenvalue weighted by molar-refractivity contribution is 7.80. The van der Waals surface area contributed by atoms with Crippen LogP contribution in [0.2, 0.25) is 5.02 Å². The first-order valence-corrected chi connectivity index (χ1v) is 8.86. The minimum atomic E-state index is 0.390. The summed E-state index contributed by atoms with van der Waals surface area (Å²) in [5.74, 6) is 1.16. The Balaban J connectivity index is 1.60. The monoisotopic (exact) mass is 387 g/mol. The number of halogens is 1. The first-order valence-electron chi connectivity index (χ1n) is 8.08. The van der Waals surface area contributed by atoms with Gasteiger partial charge in [0.1, 0.15) is 12.1 Å². The van der Waals surface area contributed by atoms with E-state index in [1.165, 1.54) is 0 Å². The highest BCUT2D eigenvalue weighted by atomic mass is 35.5. The van der Waals surface area contributed by atoms with Crippen molar-refractivity contribution in [1.29, 1.82) is 0 Å². The zero-order valence-corrected chi connectivity index (χ0v) is 15.7. The van der Waals surface area contributed by atoms with Crippen LogP contribution in [-0.2, 0) is 6.54 Å². The van der Waals surface area contributed by atoms with E-state index in [0.717, 1.165) is 17.0 Å². The fraction of sp³-hybridized carbons (Fsp3) is 0.167. The lowest BCUT2D eigenvalue weighted by molar-refractivity contribution is 0.342. The Morgan fingerprint density at radius 2 is 1.92 bits per heavy atom. The van der Waals surface area contributed by atoms with Gasteiger partial charge in [0, 0.05) is 5.02 Å². The molecule has 2 N–H and O–H groups in total. The fourth-order valence-corrected chi connectivity index (χ4v) is 2.64. The highest BCUT2D eigenvalue weighted by Crippen LogP contribution is 2.23. The molecule has 0 atom stereocenters. The normalized spacial score (nSPS) is 10.4. The molecule has 0 amide bonds. The third-order valence-corrected chi connectivity index (χ3v) is 3.91. The van der Waals surface area contributed by atoms with Crippen molar-refractivity contribution in [2.24, 2.45) is 0 Å². The minimum absolute atomic E-state index is 0.390. The van der Waals surface area contributed by atoms with Crippen LogP contribution < -0.4 is 15.4 Å². The molecular formula is C18H18ClN5OS. The molecular weight excluding hydrogens is 370 g/mol. The molecule has 3 aromatic rings. The quantitative estimate of drug-likeness (QED) is 0.618. The zero-order chi connectivity index (χ0) is 18.4. The Kier molecular flexibility index (Phi) is 6.04. The number of thiocarbonyl (C=S) groups is 1. The Morgan fingerprint density at radius 1 is 1.15 bits per heavy atom. The van der Waals surface area contributed by atoms with E-state index < -0.39 is 0 Å². The van der Waals surface area contributed by atoms with E-state index in [4.69, 9.17) is 28.6 Å². The van der Waals surface area contributed by atoms with Gasteiger partial charge < -0.3 is 10.1 Å². The van der Waals surface area contributed by atoms with Crippen LogP contribution in [-0.4, -0.2) is 26.5 Å². The summed E-state index contributed by atoms with van der Waals surface area (Å²) in [6, 6.07) is 15.2. The topological polar surface area (TPSA) is 64.0 Å². The molecule has 0 saturated heterocycles. The molecule has 6 nitrogen and oxygen atoms in total. The van der Waals surface area contributed by atoms with Crippen LogP contribution in [0.1, 0.15) is 12.5 Å². The summed E-state index contributed by atoms with van der Waals surface area (Å²) in [6.07, 6.45) is 1.65. The third-order valence-electron chi connectivity index (χ3n) is 3.45. The molecule has 0 aliphatic rings. The van der Waals surface area contributed by atoms with Crippen LogP contribution in [0.3, 0.4) is 0 Å². The van der Waals surface area contributed by atoms with Gasteiger partial charge in [-0.15, -0.1) is 5.10 Å². The standard InChI is InChI=1S/C18H18ClN5OS/c1-2-25-16-6-4-3-5-15(16)21-18(26)22-17-20-12-24(23-17)11-13-7-9-14(19)10-8-13/h3-10,12H,2,11H2,1H3,(H2,21,22,23,26). The molecule has 0 aliphatic heterocycles. The van der Waals surface area contributed by atoms with E-state index in [2.05, 4.69) is 20.7 Å². The maximum atomic E-state index is 5.90. The van der Waals surface area contributed by atoms with Gasteiger partial charge in [-0.1, -0.05) is 35.9 Å². The third kappa shape index (κ3) is 4.93. The number of nitrogens with zero attached hydrogens (tertiary/aromatic N) is 3. The molecule has 1 aromatic heterocycles. The molecule has 2 aromatic carbocycles. The number of hydrogen-bond acceptors (Lipinski definition) is 4. The number of anilines is 2. The van der Waals surface area contributed by atoms with Gasteiger partial charge in [-0.25, -0.2) is 9.67 Å². The van der Waals surface area contributed by atoms with Gasteiger partial charge in [0.25, 0.3) is 0 Å². The maximum absolute atomic E-state index is 5.90. The lowest BCUT2D eigenvalue weighted by atomic mass is 10.2. The van der Waals surface area contributed by atoms with Gasteiger partial charge in [0.2, 0.25) is 5.95 Å². The lowest BCUT2D eigenvalue weighted by Crippen LogP contribution is -2.20. The van der Waals surface area contributed by atoms with Crippen molar-refractivity contribution in [3.63, 3.8) is 0 Å². The molecule has 8 heteroatoms.